The maximum Gasteiger partial charge on any atom is 0.164 e. The summed E-state index contributed by atoms with van der Waals surface area (Å²) in [6.07, 6.45) is 0. The average Bonchev–Trinajstić information content (AvgIpc) is 3.72. The summed E-state index contributed by atoms with van der Waals surface area (Å²) in [4.78, 5) is 15.6. The molecule has 0 amide bonds. The van der Waals surface area contributed by atoms with Gasteiger partial charge in [0.05, 0.1) is 0 Å². The molecule has 61 heavy (non-hydrogen) atoms. The third kappa shape index (κ3) is 6.33. The zero-order valence-electron chi connectivity index (χ0n) is 33.0. The highest BCUT2D eigenvalue weighted by molar-refractivity contribution is 7.25. The number of hydrogen-bond donors (Lipinski definition) is 0. The molecule has 0 unspecified atom stereocenters. The van der Waals surface area contributed by atoms with E-state index in [1.54, 1.807) is 11.3 Å². The molecule has 0 saturated carbocycles. The zero-order chi connectivity index (χ0) is 40.3. The first-order chi connectivity index (χ1) is 30.2. The molecule has 2 aromatic heterocycles. The molecule has 2 heterocycles. The van der Waals surface area contributed by atoms with Crippen LogP contribution in [0, 0.1) is 0 Å². The Morgan fingerprint density at radius 1 is 0.246 bits per heavy atom. The molecule has 284 valence electrons. The molecule has 0 aliphatic heterocycles. The van der Waals surface area contributed by atoms with Crippen LogP contribution in [-0.2, 0) is 0 Å². The largest absolute Gasteiger partial charge is 0.208 e. The molecule has 0 fully saturated rings. The van der Waals surface area contributed by atoms with Crippen LogP contribution in [-0.4, -0.2) is 15.0 Å². The van der Waals surface area contributed by atoms with Crippen LogP contribution < -0.4 is 0 Å². The first-order valence-corrected chi connectivity index (χ1v) is 21.4. The Bertz CT molecular complexity index is 3650. The molecule has 0 aliphatic carbocycles. The van der Waals surface area contributed by atoms with E-state index in [0.717, 1.165) is 33.4 Å². The second-order valence-electron chi connectivity index (χ2n) is 15.6. The summed E-state index contributed by atoms with van der Waals surface area (Å²) in [5.41, 5.74) is 9.84. The van der Waals surface area contributed by atoms with Crippen molar-refractivity contribution < 1.29 is 0 Å². The van der Waals surface area contributed by atoms with E-state index >= 15 is 0 Å². The van der Waals surface area contributed by atoms with E-state index in [2.05, 4.69) is 212 Å². The second kappa shape index (κ2) is 14.5. The molecule has 0 radical (unpaired) electrons. The van der Waals surface area contributed by atoms with Crippen LogP contribution in [0.2, 0.25) is 0 Å². The molecule has 12 aromatic rings. The Morgan fingerprint density at radius 3 is 1.56 bits per heavy atom. The lowest BCUT2D eigenvalue weighted by Crippen LogP contribution is -2.00. The fourth-order valence-electron chi connectivity index (χ4n) is 8.79. The van der Waals surface area contributed by atoms with Gasteiger partial charge in [-0.05, 0) is 102 Å². The van der Waals surface area contributed by atoms with Crippen molar-refractivity contribution in [3.63, 3.8) is 0 Å². The van der Waals surface area contributed by atoms with Gasteiger partial charge in [-0.2, -0.15) is 0 Å². The summed E-state index contributed by atoms with van der Waals surface area (Å²) in [6.45, 7) is 0. The molecule has 0 N–H and O–H groups in total. The highest BCUT2D eigenvalue weighted by atomic mass is 32.1. The first kappa shape index (κ1) is 35.2. The van der Waals surface area contributed by atoms with E-state index in [1.165, 1.54) is 69.2 Å². The van der Waals surface area contributed by atoms with Crippen molar-refractivity contribution in [2.75, 3.05) is 0 Å². The number of hydrogen-bond acceptors (Lipinski definition) is 4. The summed E-state index contributed by atoms with van der Waals surface area (Å²) < 4.78 is 2.48. The van der Waals surface area contributed by atoms with Crippen LogP contribution in [0.4, 0.5) is 0 Å². The minimum Gasteiger partial charge on any atom is -0.208 e. The molecule has 10 aromatic carbocycles. The first-order valence-electron chi connectivity index (χ1n) is 20.6. The van der Waals surface area contributed by atoms with Crippen molar-refractivity contribution in [2.24, 2.45) is 0 Å². The molecule has 4 heteroatoms. The number of benzene rings is 10. The second-order valence-corrected chi connectivity index (χ2v) is 16.7. The van der Waals surface area contributed by atoms with E-state index in [0.29, 0.717) is 17.5 Å². The van der Waals surface area contributed by atoms with Crippen molar-refractivity contribution in [1.29, 1.82) is 0 Å². The number of nitrogens with zero attached hydrogens (tertiary/aromatic N) is 3. The molecule has 0 spiro atoms. The quantitative estimate of drug-likeness (QED) is 0.157. The third-order valence-corrected chi connectivity index (χ3v) is 13.0. The van der Waals surface area contributed by atoms with Gasteiger partial charge in [0.1, 0.15) is 0 Å². The number of fused-ring (bicyclic) bond motifs is 7. The van der Waals surface area contributed by atoms with Crippen LogP contribution in [0.3, 0.4) is 0 Å². The minimum atomic E-state index is 0.634. The molecular weight excluding hydrogens is 759 g/mol. The Balaban J connectivity index is 0.972. The van der Waals surface area contributed by atoms with Crippen molar-refractivity contribution >= 4 is 63.8 Å². The summed E-state index contributed by atoms with van der Waals surface area (Å²) in [5, 5.41) is 9.90. The maximum absolute atomic E-state index is 5.20. The molecular formula is C57H35N3S. The standard InChI is InChI=1S/C57H35N3S/c1-2-11-36(12-3-1)41-27-21-37-22-28-42(33-46(37)32-41)40-14-10-15-44(31-40)56-58-55(59-57(60-56)45-29-30-51-50-19-8-9-20-53(50)61-54(51)35-45)39-25-23-38(24-26-39)52-34-43-13-4-5-16-47(43)48-17-6-7-18-49(48)52/h1-35H. The van der Waals surface area contributed by atoms with Crippen LogP contribution in [0.25, 0.3) is 120 Å². The van der Waals surface area contributed by atoms with Crippen molar-refractivity contribution in [2.45, 2.75) is 0 Å². The van der Waals surface area contributed by atoms with Gasteiger partial charge in [0.15, 0.2) is 17.5 Å². The molecule has 0 bridgehead atoms. The minimum absolute atomic E-state index is 0.634. The lowest BCUT2D eigenvalue weighted by atomic mass is 9.93. The molecule has 0 atom stereocenters. The SMILES string of the molecule is c1ccc(-c2ccc3ccc(-c4cccc(-c5nc(-c6ccc(-c7cc8ccccc8c8ccccc78)cc6)nc(-c6ccc7c(c6)sc6ccccc67)n5)c4)cc3c2)cc1. The van der Waals surface area contributed by atoms with Gasteiger partial charge in [-0.25, -0.2) is 15.0 Å². The van der Waals surface area contributed by atoms with E-state index < -0.39 is 0 Å². The fourth-order valence-corrected chi connectivity index (χ4v) is 9.94. The molecule has 0 aliphatic rings. The maximum atomic E-state index is 5.20. The Morgan fingerprint density at radius 2 is 0.770 bits per heavy atom. The Labute approximate surface area is 356 Å². The van der Waals surface area contributed by atoms with E-state index in [9.17, 15) is 0 Å². The van der Waals surface area contributed by atoms with Gasteiger partial charge in [0.25, 0.3) is 0 Å². The topological polar surface area (TPSA) is 38.7 Å². The summed E-state index contributed by atoms with van der Waals surface area (Å²) in [5.74, 6) is 1.92. The van der Waals surface area contributed by atoms with Gasteiger partial charge >= 0.3 is 0 Å². The Kier molecular flexibility index (Phi) is 8.36. The van der Waals surface area contributed by atoms with E-state index in [-0.39, 0.29) is 0 Å². The molecule has 3 nitrogen and oxygen atoms in total. The van der Waals surface area contributed by atoms with Crippen LogP contribution >= 0.6 is 11.3 Å². The van der Waals surface area contributed by atoms with Gasteiger partial charge in [-0.1, -0.05) is 176 Å². The van der Waals surface area contributed by atoms with Gasteiger partial charge in [0, 0.05) is 36.9 Å². The van der Waals surface area contributed by atoms with Gasteiger partial charge < -0.3 is 0 Å². The van der Waals surface area contributed by atoms with Crippen LogP contribution in [0.15, 0.2) is 212 Å². The fraction of sp³-hybridized carbons (Fsp3) is 0. The van der Waals surface area contributed by atoms with Gasteiger partial charge in [0.2, 0.25) is 0 Å². The highest BCUT2D eigenvalue weighted by Gasteiger charge is 2.16. The lowest BCUT2D eigenvalue weighted by molar-refractivity contribution is 1.07. The monoisotopic (exact) mass is 793 g/mol. The third-order valence-electron chi connectivity index (χ3n) is 11.9. The average molecular weight is 794 g/mol. The zero-order valence-corrected chi connectivity index (χ0v) is 33.8. The van der Waals surface area contributed by atoms with E-state index in [4.69, 9.17) is 15.0 Å². The van der Waals surface area contributed by atoms with Crippen LogP contribution in [0.1, 0.15) is 0 Å². The predicted octanol–water partition coefficient (Wildman–Crippen LogP) is 15.7. The summed E-state index contributed by atoms with van der Waals surface area (Å²) in [6, 6.07) is 76.0. The lowest BCUT2D eigenvalue weighted by Gasteiger charge is -2.12. The van der Waals surface area contributed by atoms with Crippen molar-refractivity contribution in [1.82, 2.24) is 15.0 Å². The van der Waals surface area contributed by atoms with Gasteiger partial charge in [-0.3, -0.25) is 0 Å². The predicted molar refractivity (Wildman–Crippen MR) is 258 cm³/mol. The normalized spacial score (nSPS) is 11.6. The highest BCUT2D eigenvalue weighted by Crippen LogP contribution is 2.39. The number of aromatic nitrogens is 3. The van der Waals surface area contributed by atoms with Gasteiger partial charge in [-0.15, -0.1) is 11.3 Å². The smallest absolute Gasteiger partial charge is 0.164 e. The summed E-state index contributed by atoms with van der Waals surface area (Å²) in [7, 11) is 0. The van der Waals surface area contributed by atoms with Crippen LogP contribution in [0.5, 0.6) is 0 Å². The van der Waals surface area contributed by atoms with E-state index in [1.807, 2.05) is 0 Å². The van der Waals surface area contributed by atoms with Crippen molar-refractivity contribution in [3.05, 3.63) is 212 Å². The number of rotatable bonds is 6. The Hall–Kier alpha value is -7.79. The number of thiophene rings is 1. The van der Waals surface area contributed by atoms with Crippen molar-refractivity contribution in [3.8, 4) is 67.5 Å². The molecule has 0 saturated heterocycles. The molecule has 12 rings (SSSR count). The summed E-state index contributed by atoms with van der Waals surface area (Å²) >= 11 is 1.80.